The first kappa shape index (κ1) is 12.9. The molecule has 0 aliphatic heterocycles. The maximum atomic E-state index is 14.1. The Morgan fingerprint density at radius 3 is 2.90 bits per heavy atom. The van der Waals surface area contributed by atoms with Gasteiger partial charge in [-0.05, 0) is 18.6 Å². The average Bonchev–Trinajstić information content (AvgIpc) is 3.02. The molecule has 106 valence electrons. The zero-order valence-electron chi connectivity index (χ0n) is 11.1. The molecule has 2 aromatic rings. The van der Waals surface area contributed by atoms with Crippen LogP contribution in [0.2, 0.25) is 0 Å². The fraction of sp³-hybridized carbons (Fsp3) is 0.429. The van der Waals surface area contributed by atoms with Gasteiger partial charge in [-0.2, -0.15) is 5.10 Å². The molecule has 3 rings (SSSR count). The van der Waals surface area contributed by atoms with Crippen molar-refractivity contribution in [3.63, 3.8) is 0 Å². The molecule has 20 heavy (non-hydrogen) atoms. The van der Waals surface area contributed by atoms with Crippen LogP contribution >= 0.6 is 0 Å². The highest BCUT2D eigenvalue weighted by molar-refractivity contribution is 5.96. The largest absolute Gasteiger partial charge is 0.491 e. The smallest absolute Gasteiger partial charge is 0.335 e. The highest BCUT2D eigenvalue weighted by Gasteiger charge is 2.46. The third-order valence-electron chi connectivity index (χ3n) is 3.36. The number of carboxylic acid groups (broad SMARTS) is 1. The molecule has 0 radical (unpaired) electrons. The number of alkyl halides is 1. The summed E-state index contributed by atoms with van der Waals surface area (Å²) in [4.78, 5) is 11.1. The van der Waals surface area contributed by atoms with Gasteiger partial charge < -0.3 is 9.84 Å². The number of halogens is 1. The molecule has 1 fully saturated rings. The molecule has 1 aromatic carbocycles. The fourth-order valence-electron chi connectivity index (χ4n) is 2.09. The Kier molecular flexibility index (Phi) is 2.88. The summed E-state index contributed by atoms with van der Waals surface area (Å²) in [5.74, 6) is -2.06. The lowest BCUT2D eigenvalue weighted by atomic mass is 10.1. The van der Waals surface area contributed by atoms with Gasteiger partial charge in [0, 0.05) is 24.4 Å². The van der Waals surface area contributed by atoms with Crippen LogP contribution < -0.4 is 4.74 Å². The number of aromatic carboxylic acids is 1. The predicted molar refractivity (Wildman–Crippen MR) is 70.8 cm³/mol. The SMILES string of the molecule is CCCOc1cc(C(=O)O)cc2cn(C3(F)CC3)nc12. The normalized spacial score (nSPS) is 16.3. The average molecular weight is 278 g/mol. The summed E-state index contributed by atoms with van der Waals surface area (Å²) in [5, 5.41) is 13.9. The number of carbonyl (C=O) groups is 1. The number of aromatic nitrogens is 2. The minimum atomic E-state index is -1.41. The molecular weight excluding hydrogens is 263 g/mol. The van der Waals surface area contributed by atoms with Gasteiger partial charge in [0.25, 0.3) is 0 Å². The van der Waals surface area contributed by atoms with Crippen LogP contribution in [0.3, 0.4) is 0 Å². The van der Waals surface area contributed by atoms with Gasteiger partial charge in [0.05, 0.1) is 12.2 Å². The van der Waals surface area contributed by atoms with E-state index in [1.807, 2.05) is 6.92 Å². The molecule has 0 atom stereocenters. The number of rotatable bonds is 5. The molecule has 1 aromatic heterocycles. The van der Waals surface area contributed by atoms with Crippen LogP contribution in [0.1, 0.15) is 36.5 Å². The summed E-state index contributed by atoms with van der Waals surface area (Å²) >= 11 is 0. The van der Waals surface area contributed by atoms with Crippen molar-refractivity contribution in [2.75, 3.05) is 6.61 Å². The molecular formula is C14H15FN2O3. The van der Waals surface area contributed by atoms with Gasteiger partial charge in [0.1, 0.15) is 11.3 Å². The minimum Gasteiger partial charge on any atom is -0.491 e. The molecule has 1 aliphatic rings. The van der Waals surface area contributed by atoms with Crippen molar-refractivity contribution in [3.05, 3.63) is 23.9 Å². The van der Waals surface area contributed by atoms with Crippen LogP contribution in [0.25, 0.3) is 10.9 Å². The number of ether oxygens (including phenoxy) is 1. The lowest BCUT2D eigenvalue weighted by molar-refractivity contribution is 0.0696. The van der Waals surface area contributed by atoms with Crippen LogP contribution in [-0.4, -0.2) is 27.5 Å². The van der Waals surface area contributed by atoms with Crippen molar-refractivity contribution in [3.8, 4) is 5.75 Å². The van der Waals surface area contributed by atoms with Crippen molar-refractivity contribution in [2.45, 2.75) is 32.0 Å². The van der Waals surface area contributed by atoms with Gasteiger partial charge in [-0.25, -0.2) is 13.9 Å². The van der Waals surface area contributed by atoms with Gasteiger partial charge in [0.2, 0.25) is 5.79 Å². The molecule has 0 bridgehead atoms. The second kappa shape index (κ2) is 4.47. The Morgan fingerprint density at radius 1 is 1.55 bits per heavy atom. The van der Waals surface area contributed by atoms with E-state index in [9.17, 15) is 9.18 Å². The van der Waals surface area contributed by atoms with E-state index in [-0.39, 0.29) is 5.56 Å². The summed E-state index contributed by atoms with van der Waals surface area (Å²) in [7, 11) is 0. The van der Waals surface area contributed by atoms with Crippen LogP contribution in [0, 0.1) is 0 Å². The second-order valence-corrected chi connectivity index (χ2v) is 5.06. The van der Waals surface area contributed by atoms with E-state index in [1.54, 1.807) is 6.20 Å². The van der Waals surface area contributed by atoms with Crippen LogP contribution in [0.15, 0.2) is 18.3 Å². The van der Waals surface area contributed by atoms with Gasteiger partial charge in [-0.3, -0.25) is 0 Å². The molecule has 0 saturated heterocycles. The Bertz CT molecular complexity index is 676. The van der Waals surface area contributed by atoms with E-state index in [0.29, 0.717) is 36.1 Å². The molecule has 0 amide bonds. The van der Waals surface area contributed by atoms with E-state index in [1.165, 1.54) is 16.8 Å². The predicted octanol–water partition coefficient (Wildman–Crippen LogP) is 2.94. The monoisotopic (exact) mass is 278 g/mol. The van der Waals surface area contributed by atoms with E-state index in [2.05, 4.69) is 5.10 Å². The molecule has 1 N–H and O–H groups in total. The third-order valence-corrected chi connectivity index (χ3v) is 3.36. The number of carboxylic acids is 1. The topological polar surface area (TPSA) is 64.3 Å². The van der Waals surface area contributed by atoms with Crippen LogP contribution in [0.5, 0.6) is 5.75 Å². The maximum absolute atomic E-state index is 14.1. The highest BCUT2D eigenvalue weighted by atomic mass is 19.1. The summed E-state index contributed by atoms with van der Waals surface area (Å²) in [6.45, 7) is 2.42. The number of fused-ring (bicyclic) bond motifs is 1. The summed E-state index contributed by atoms with van der Waals surface area (Å²) in [6, 6.07) is 2.93. The molecule has 1 heterocycles. The number of hydrogen-bond donors (Lipinski definition) is 1. The first-order valence-electron chi connectivity index (χ1n) is 6.62. The number of benzene rings is 1. The van der Waals surface area contributed by atoms with Gasteiger partial charge in [0.15, 0.2) is 0 Å². The van der Waals surface area contributed by atoms with Gasteiger partial charge in [-0.1, -0.05) is 6.92 Å². The maximum Gasteiger partial charge on any atom is 0.335 e. The molecule has 0 unspecified atom stereocenters. The van der Waals surface area contributed by atoms with Crippen molar-refractivity contribution in [1.29, 1.82) is 0 Å². The molecule has 6 heteroatoms. The molecule has 1 aliphatic carbocycles. The summed E-state index contributed by atoms with van der Waals surface area (Å²) in [5.41, 5.74) is 0.624. The van der Waals surface area contributed by atoms with E-state index in [4.69, 9.17) is 9.84 Å². The second-order valence-electron chi connectivity index (χ2n) is 5.06. The number of nitrogens with zero attached hydrogens (tertiary/aromatic N) is 2. The zero-order valence-corrected chi connectivity index (χ0v) is 11.1. The number of hydrogen-bond acceptors (Lipinski definition) is 3. The van der Waals surface area contributed by atoms with Crippen molar-refractivity contribution in [2.24, 2.45) is 0 Å². The summed E-state index contributed by atoms with van der Waals surface area (Å²) in [6.07, 6.45) is 3.23. The lowest BCUT2D eigenvalue weighted by Crippen LogP contribution is -2.10. The van der Waals surface area contributed by atoms with Gasteiger partial charge in [-0.15, -0.1) is 0 Å². The Hall–Kier alpha value is -2.11. The Labute approximate surface area is 115 Å². The summed E-state index contributed by atoms with van der Waals surface area (Å²) < 4.78 is 20.9. The van der Waals surface area contributed by atoms with E-state index >= 15 is 0 Å². The standard InChI is InChI=1S/C14H15FN2O3/c1-2-5-20-11-7-9(13(18)19)6-10-8-17(16-12(10)11)14(15)3-4-14/h6-8H,2-5H2,1H3,(H,18,19). The first-order valence-corrected chi connectivity index (χ1v) is 6.62. The molecule has 0 spiro atoms. The van der Waals surface area contributed by atoms with Crippen molar-refractivity contribution >= 4 is 16.9 Å². The Balaban J connectivity index is 2.11. The fourth-order valence-corrected chi connectivity index (χ4v) is 2.09. The minimum absolute atomic E-state index is 0.117. The molecule has 1 saturated carbocycles. The quantitative estimate of drug-likeness (QED) is 0.913. The van der Waals surface area contributed by atoms with Crippen molar-refractivity contribution < 1.29 is 19.0 Å². The van der Waals surface area contributed by atoms with Gasteiger partial charge >= 0.3 is 5.97 Å². The van der Waals surface area contributed by atoms with Crippen LogP contribution in [-0.2, 0) is 5.79 Å². The Morgan fingerprint density at radius 2 is 2.30 bits per heavy atom. The lowest BCUT2D eigenvalue weighted by Gasteiger charge is -2.06. The van der Waals surface area contributed by atoms with E-state index < -0.39 is 11.8 Å². The molecule has 5 nitrogen and oxygen atoms in total. The van der Waals surface area contributed by atoms with Crippen molar-refractivity contribution in [1.82, 2.24) is 9.78 Å². The van der Waals surface area contributed by atoms with Crippen LogP contribution in [0.4, 0.5) is 4.39 Å². The highest BCUT2D eigenvalue weighted by Crippen LogP contribution is 2.45. The van der Waals surface area contributed by atoms with E-state index in [0.717, 1.165) is 6.42 Å². The first-order chi connectivity index (χ1) is 9.53. The third kappa shape index (κ3) is 2.11. The zero-order chi connectivity index (χ0) is 14.3.